The first-order valence-electron chi connectivity index (χ1n) is 8.38. The van der Waals surface area contributed by atoms with Gasteiger partial charge in [0.15, 0.2) is 12.7 Å². The Morgan fingerprint density at radius 3 is 2.19 bits per heavy atom. The summed E-state index contributed by atoms with van der Waals surface area (Å²) in [5, 5.41) is 0. The Balaban J connectivity index is 1.78. The van der Waals surface area contributed by atoms with E-state index < -0.39 is 17.9 Å². The van der Waals surface area contributed by atoms with Crippen LogP contribution in [0.1, 0.15) is 23.6 Å². The van der Waals surface area contributed by atoms with Crippen molar-refractivity contribution in [3.8, 4) is 11.5 Å². The first kappa shape index (κ1) is 19.3. The number of para-hydroxylation sites is 1. The second kappa shape index (κ2) is 8.89. The monoisotopic (exact) mass is 356 g/mol. The molecule has 0 aliphatic carbocycles. The molecule has 138 valence electrons. The Bertz CT molecular complexity index is 752. The lowest BCUT2D eigenvalue weighted by atomic mass is 10.1. The molecule has 2 amide bonds. The van der Waals surface area contributed by atoms with Gasteiger partial charge >= 0.3 is 0 Å². The van der Waals surface area contributed by atoms with Gasteiger partial charge in [-0.1, -0.05) is 35.9 Å². The van der Waals surface area contributed by atoms with Gasteiger partial charge in [0.1, 0.15) is 11.5 Å². The van der Waals surface area contributed by atoms with Crippen LogP contribution >= 0.6 is 0 Å². The maximum Gasteiger partial charge on any atom is 0.279 e. The number of hydrazine groups is 1. The lowest BCUT2D eigenvalue weighted by Crippen LogP contribution is -2.48. The van der Waals surface area contributed by atoms with E-state index in [0.29, 0.717) is 11.5 Å². The number of hydrogen-bond donors (Lipinski definition) is 2. The van der Waals surface area contributed by atoms with E-state index in [2.05, 4.69) is 10.9 Å². The van der Waals surface area contributed by atoms with Gasteiger partial charge in [-0.15, -0.1) is 0 Å². The van der Waals surface area contributed by atoms with Crippen LogP contribution in [0.3, 0.4) is 0 Å². The van der Waals surface area contributed by atoms with Gasteiger partial charge in [0, 0.05) is 0 Å². The molecule has 0 aliphatic rings. The van der Waals surface area contributed by atoms with Gasteiger partial charge in [0.05, 0.1) is 0 Å². The van der Waals surface area contributed by atoms with Crippen LogP contribution in [-0.4, -0.2) is 24.5 Å². The van der Waals surface area contributed by atoms with Gasteiger partial charge in [-0.25, -0.2) is 0 Å². The van der Waals surface area contributed by atoms with Crippen molar-refractivity contribution >= 4 is 11.8 Å². The van der Waals surface area contributed by atoms with Gasteiger partial charge in [0.2, 0.25) is 0 Å². The number of carbonyl (C=O) groups is 2. The van der Waals surface area contributed by atoms with Crippen LogP contribution in [0.15, 0.2) is 42.5 Å². The lowest BCUT2D eigenvalue weighted by Gasteiger charge is -2.18. The van der Waals surface area contributed by atoms with Crippen molar-refractivity contribution in [1.29, 1.82) is 0 Å². The molecule has 0 radical (unpaired) electrons. The standard InChI is InChI=1S/C20H24N2O4/c1-13-8-10-17(11-9-13)25-12-18(23)21-22-20(24)16(4)26-19-14(2)6-5-7-15(19)3/h5-11,16H,12H2,1-4H3,(H,21,23)(H,22,24). The lowest BCUT2D eigenvalue weighted by molar-refractivity contribution is -0.133. The molecule has 1 unspecified atom stereocenters. The van der Waals surface area contributed by atoms with Crippen LogP contribution in [0.25, 0.3) is 0 Å². The normalized spacial score (nSPS) is 11.4. The summed E-state index contributed by atoms with van der Waals surface area (Å²) in [5.41, 5.74) is 7.65. The molecule has 6 nitrogen and oxygen atoms in total. The molecular formula is C20H24N2O4. The van der Waals surface area contributed by atoms with E-state index in [1.165, 1.54) is 0 Å². The van der Waals surface area contributed by atoms with Crippen molar-refractivity contribution in [2.75, 3.05) is 6.61 Å². The molecule has 2 N–H and O–H groups in total. The SMILES string of the molecule is Cc1ccc(OCC(=O)NNC(=O)C(C)Oc2c(C)cccc2C)cc1. The summed E-state index contributed by atoms with van der Waals surface area (Å²) in [5.74, 6) is 0.350. The summed E-state index contributed by atoms with van der Waals surface area (Å²) in [7, 11) is 0. The third-order valence-electron chi connectivity index (χ3n) is 3.79. The van der Waals surface area contributed by atoms with E-state index in [1.807, 2.05) is 51.1 Å². The Morgan fingerprint density at radius 1 is 0.962 bits per heavy atom. The third kappa shape index (κ3) is 5.51. The van der Waals surface area contributed by atoms with E-state index >= 15 is 0 Å². The molecule has 2 aromatic rings. The maximum atomic E-state index is 12.1. The van der Waals surface area contributed by atoms with E-state index in [9.17, 15) is 9.59 Å². The largest absolute Gasteiger partial charge is 0.484 e. The average Bonchev–Trinajstić information content (AvgIpc) is 2.62. The molecule has 0 heterocycles. The molecular weight excluding hydrogens is 332 g/mol. The van der Waals surface area contributed by atoms with Crippen molar-refractivity contribution in [2.45, 2.75) is 33.8 Å². The van der Waals surface area contributed by atoms with Crippen molar-refractivity contribution in [2.24, 2.45) is 0 Å². The fourth-order valence-electron chi connectivity index (χ4n) is 2.27. The van der Waals surface area contributed by atoms with E-state index in [-0.39, 0.29) is 6.61 Å². The number of ether oxygens (including phenoxy) is 2. The summed E-state index contributed by atoms with van der Waals surface area (Å²) in [6.45, 7) is 7.22. The van der Waals surface area contributed by atoms with Gasteiger partial charge < -0.3 is 9.47 Å². The molecule has 0 saturated heterocycles. The molecule has 0 aliphatic heterocycles. The highest BCUT2D eigenvalue weighted by atomic mass is 16.5. The molecule has 0 bridgehead atoms. The van der Waals surface area contributed by atoms with Gasteiger partial charge in [-0.2, -0.15) is 0 Å². The molecule has 0 aromatic heterocycles. The number of rotatable bonds is 6. The highest BCUT2D eigenvalue weighted by Crippen LogP contribution is 2.23. The number of amides is 2. The van der Waals surface area contributed by atoms with Gasteiger partial charge in [0.25, 0.3) is 11.8 Å². The third-order valence-corrected chi connectivity index (χ3v) is 3.79. The number of aryl methyl sites for hydroxylation is 3. The number of carbonyl (C=O) groups excluding carboxylic acids is 2. The van der Waals surface area contributed by atoms with Crippen molar-refractivity contribution in [3.05, 3.63) is 59.2 Å². The summed E-state index contributed by atoms with van der Waals surface area (Å²) in [6, 6.07) is 13.1. The van der Waals surface area contributed by atoms with Crippen LogP contribution in [0, 0.1) is 20.8 Å². The fourth-order valence-corrected chi connectivity index (χ4v) is 2.27. The first-order valence-corrected chi connectivity index (χ1v) is 8.38. The molecule has 2 rings (SSSR count). The Kier molecular flexibility index (Phi) is 6.60. The summed E-state index contributed by atoms with van der Waals surface area (Å²) >= 11 is 0. The maximum absolute atomic E-state index is 12.1. The molecule has 1 atom stereocenters. The molecule has 0 fully saturated rings. The summed E-state index contributed by atoms with van der Waals surface area (Å²) in [4.78, 5) is 23.9. The predicted molar refractivity (Wildman–Crippen MR) is 99.0 cm³/mol. The van der Waals surface area contributed by atoms with Gasteiger partial charge in [-0.3, -0.25) is 20.4 Å². The summed E-state index contributed by atoms with van der Waals surface area (Å²) < 4.78 is 11.1. The molecule has 2 aromatic carbocycles. The van der Waals surface area contributed by atoms with Crippen LogP contribution in [-0.2, 0) is 9.59 Å². The fraction of sp³-hybridized carbons (Fsp3) is 0.300. The van der Waals surface area contributed by atoms with E-state index in [4.69, 9.17) is 9.47 Å². The second-order valence-electron chi connectivity index (χ2n) is 6.12. The second-order valence-corrected chi connectivity index (χ2v) is 6.12. The number of benzene rings is 2. The van der Waals surface area contributed by atoms with Crippen molar-refractivity contribution < 1.29 is 19.1 Å². The first-order chi connectivity index (χ1) is 12.4. The Morgan fingerprint density at radius 2 is 1.58 bits per heavy atom. The average molecular weight is 356 g/mol. The van der Waals surface area contributed by atoms with E-state index in [0.717, 1.165) is 16.7 Å². The van der Waals surface area contributed by atoms with Crippen molar-refractivity contribution in [1.82, 2.24) is 10.9 Å². The van der Waals surface area contributed by atoms with Crippen LogP contribution in [0.2, 0.25) is 0 Å². The smallest absolute Gasteiger partial charge is 0.279 e. The van der Waals surface area contributed by atoms with Gasteiger partial charge in [-0.05, 0) is 51.0 Å². The molecule has 26 heavy (non-hydrogen) atoms. The van der Waals surface area contributed by atoms with Crippen LogP contribution in [0.5, 0.6) is 11.5 Å². The van der Waals surface area contributed by atoms with Crippen LogP contribution < -0.4 is 20.3 Å². The zero-order valence-corrected chi connectivity index (χ0v) is 15.5. The quantitative estimate of drug-likeness (QED) is 0.780. The zero-order chi connectivity index (χ0) is 19.1. The van der Waals surface area contributed by atoms with Crippen molar-refractivity contribution in [3.63, 3.8) is 0 Å². The molecule has 0 spiro atoms. The minimum absolute atomic E-state index is 0.199. The Labute approximate surface area is 153 Å². The molecule has 0 saturated carbocycles. The minimum atomic E-state index is -0.756. The predicted octanol–water partition coefficient (Wildman–Crippen LogP) is 2.61. The number of nitrogens with one attached hydrogen (secondary N) is 2. The minimum Gasteiger partial charge on any atom is -0.484 e. The zero-order valence-electron chi connectivity index (χ0n) is 15.5. The van der Waals surface area contributed by atoms with Crippen LogP contribution in [0.4, 0.5) is 0 Å². The highest BCUT2D eigenvalue weighted by molar-refractivity contribution is 5.85. The summed E-state index contributed by atoms with van der Waals surface area (Å²) in [6.07, 6.45) is -0.756. The molecule has 6 heteroatoms. The number of hydrogen-bond acceptors (Lipinski definition) is 4. The topological polar surface area (TPSA) is 76.7 Å². The Hall–Kier alpha value is -3.02. The highest BCUT2D eigenvalue weighted by Gasteiger charge is 2.17. The van der Waals surface area contributed by atoms with E-state index in [1.54, 1.807) is 19.1 Å².